The van der Waals surface area contributed by atoms with Crippen molar-refractivity contribution in [2.75, 3.05) is 25.0 Å². The van der Waals surface area contributed by atoms with E-state index in [1.54, 1.807) is 16.2 Å². The Labute approximate surface area is 186 Å². The zero-order valence-corrected chi connectivity index (χ0v) is 18.7. The molecule has 1 aliphatic heterocycles. The fourth-order valence-electron chi connectivity index (χ4n) is 3.86. The number of carbonyl (C=O) groups excluding carboxylic acids is 2. The molecule has 3 amide bonds. The molecule has 4 rings (SSSR count). The van der Waals surface area contributed by atoms with Gasteiger partial charge >= 0.3 is 6.03 Å². The van der Waals surface area contributed by atoms with Gasteiger partial charge in [0.25, 0.3) is 0 Å². The predicted molar refractivity (Wildman–Crippen MR) is 126 cm³/mol. The minimum Gasteiger partial charge on any atom is -0.355 e. The highest BCUT2D eigenvalue weighted by molar-refractivity contribution is 7.18. The largest absolute Gasteiger partial charge is 0.355 e. The van der Waals surface area contributed by atoms with E-state index in [2.05, 4.69) is 28.6 Å². The molecule has 0 saturated carbocycles. The van der Waals surface area contributed by atoms with Crippen LogP contribution in [0, 0.1) is 12.8 Å². The van der Waals surface area contributed by atoms with E-state index in [-0.39, 0.29) is 23.8 Å². The fourth-order valence-corrected chi connectivity index (χ4v) is 4.87. The third kappa shape index (κ3) is 5.22. The summed E-state index contributed by atoms with van der Waals surface area (Å²) in [6, 6.07) is 15.8. The van der Waals surface area contributed by atoms with E-state index in [0.717, 1.165) is 21.8 Å². The number of para-hydroxylation sites is 1. The molecule has 1 aromatic heterocycles. The maximum absolute atomic E-state index is 12.7. The molecule has 2 aromatic carbocycles. The summed E-state index contributed by atoms with van der Waals surface area (Å²) in [6.07, 6.45) is 1.37. The van der Waals surface area contributed by atoms with E-state index < -0.39 is 0 Å². The molecular formula is C24H28N4O2S. The predicted octanol–water partition coefficient (Wildman–Crippen LogP) is 4.77. The lowest BCUT2D eigenvalue weighted by atomic mass is 9.96. The van der Waals surface area contributed by atoms with Crippen LogP contribution in [0.2, 0.25) is 0 Å². The van der Waals surface area contributed by atoms with Crippen molar-refractivity contribution in [3.8, 4) is 0 Å². The highest BCUT2D eigenvalue weighted by Crippen LogP contribution is 2.27. The fraction of sp³-hybridized carbons (Fsp3) is 0.375. The van der Waals surface area contributed by atoms with E-state index in [1.165, 1.54) is 4.70 Å². The van der Waals surface area contributed by atoms with Gasteiger partial charge < -0.3 is 15.5 Å². The van der Waals surface area contributed by atoms with E-state index >= 15 is 0 Å². The molecule has 2 N–H and O–H groups in total. The minimum atomic E-state index is -0.103. The van der Waals surface area contributed by atoms with Crippen LogP contribution < -0.4 is 10.6 Å². The van der Waals surface area contributed by atoms with Gasteiger partial charge in [-0.2, -0.15) is 0 Å². The smallest absolute Gasteiger partial charge is 0.321 e. The van der Waals surface area contributed by atoms with Crippen LogP contribution in [0.4, 0.5) is 10.5 Å². The average molecular weight is 437 g/mol. The first kappa shape index (κ1) is 21.3. The molecule has 0 radical (unpaired) electrons. The summed E-state index contributed by atoms with van der Waals surface area (Å²) in [6.45, 7) is 5.84. The maximum Gasteiger partial charge on any atom is 0.321 e. The number of hydrogen-bond acceptors (Lipinski definition) is 4. The van der Waals surface area contributed by atoms with E-state index in [0.29, 0.717) is 32.5 Å². The van der Waals surface area contributed by atoms with Crippen molar-refractivity contribution < 1.29 is 9.59 Å². The van der Waals surface area contributed by atoms with Gasteiger partial charge in [-0.15, -0.1) is 11.3 Å². The number of aryl methyl sites for hydroxylation is 1. The number of benzene rings is 2. The summed E-state index contributed by atoms with van der Waals surface area (Å²) >= 11 is 1.68. The molecule has 6 nitrogen and oxygen atoms in total. The summed E-state index contributed by atoms with van der Waals surface area (Å²) in [5, 5.41) is 7.09. The van der Waals surface area contributed by atoms with Crippen LogP contribution in [0.25, 0.3) is 10.2 Å². The number of aromatic nitrogens is 1. The first-order chi connectivity index (χ1) is 15.0. The summed E-state index contributed by atoms with van der Waals surface area (Å²) in [5.41, 5.74) is 2.92. The Bertz CT molecular complexity index is 1040. The molecule has 0 aliphatic carbocycles. The molecular weight excluding hydrogens is 408 g/mol. The molecule has 1 atom stereocenters. The van der Waals surface area contributed by atoms with Crippen LogP contribution >= 0.6 is 11.3 Å². The number of amides is 3. The average Bonchev–Trinajstić information content (AvgIpc) is 3.22. The normalized spacial score (nSPS) is 15.6. The zero-order valence-electron chi connectivity index (χ0n) is 17.9. The number of urea groups is 1. The Morgan fingerprint density at radius 1 is 1.16 bits per heavy atom. The topological polar surface area (TPSA) is 74.3 Å². The molecule has 1 aliphatic rings. The van der Waals surface area contributed by atoms with E-state index in [9.17, 15) is 9.59 Å². The Morgan fingerprint density at radius 3 is 2.68 bits per heavy atom. The molecule has 1 unspecified atom stereocenters. The SMILES string of the molecule is Cc1cccc(NC(=O)N2CCC(C(=O)NCC(C)c3nc4ccccc4s3)CC2)c1. The Morgan fingerprint density at radius 2 is 1.94 bits per heavy atom. The Balaban J connectivity index is 1.24. The molecule has 162 valence electrons. The highest BCUT2D eigenvalue weighted by Gasteiger charge is 2.27. The van der Waals surface area contributed by atoms with Gasteiger partial charge in [0.1, 0.15) is 0 Å². The van der Waals surface area contributed by atoms with Gasteiger partial charge in [-0.05, 0) is 49.6 Å². The first-order valence-corrected chi connectivity index (χ1v) is 11.6. The van der Waals surface area contributed by atoms with Crippen molar-refractivity contribution in [2.24, 2.45) is 5.92 Å². The first-order valence-electron chi connectivity index (χ1n) is 10.8. The third-order valence-corrected chi connectivity index (χ3v) is 7.00. The standard InChI is InChI=1S/C24H28N4O2S/c1-16-6-5-7-19(14-16)26-24(30)28-12-10-18(11-13-28)22(29)25-15-17(2)23-27-20-8-3-4-9-21(20)31-23/h3-9,14,17-18H,10-13,15H2,1-2H3,(H,25,29)(H,26,30). The number of carbonyl (C=O) groups is 2. The third-order valence-electron chi connectivity index (χ3n) is 5.74. The second-order valence-corrected chi connectivity index (χ2v) is 9.29. The summed E-state index contributed by atoms with van der Waals surface area (Å²) in [4.78, 5) is 31.6. The molecule has 1 saturated heterocycles. The lowest BCUT2D eigenvalue weighted by molar-refractivity contribution is -0.126. The molecule has 31 heavy (non-hydrogen) atoms. The van der Waals surface area contributed by atoms with Crippen molar-refractivity contribution in [1.29, 1.82) is 0 Å². The van der Waals surface area contributed by atoms with Crippen molar-refractivity contribution in [3.63, 3.8) is 0 Å². The summed E-state index contributed by atoms with van der Waals surface area (Å²) in [7, 11) is 0. The molecule has 0 bridgehead atoms. The van der Waals surface area contributed by atoms with Crippen LogP contribution in [-0.4, -0.2) is 41.5 Å². The quantitative estimate of drug-likeness (QED) is 0.605. The Hall–Kier alpha value is -2.93. The zero-order chi connectivity index (χ0) is 21.8. The number of fused-ring (bicyclic) bond motifs is 1. The summed E-state index contributed by atoms with van der Waals surface area (Å²) < 4.78 is 1.17. The number of rotatable bonds is 5. The summed E-state index contributed by atoms with van der Waals surface area (Å²) in [5.74, 6) is 0.193. The Kier molecular flexibility index (Phi) is 6.51. The van der Waals surface area contributed by atoms with Crippen molar-refractivity contribution in [1.82, 2.24) is 15.2 Å². The number of likely N-dealkylation sites (tertiary alicyclic amines) is 1. The van der Waals surface area contributed by atoms with Crippen molar-refractivity contribution >= 4 is 39.2 Å². The van der Waals surface area contributed by atoms with Crippen molar-refractivity contribution in [3.05, 3.63) is 59.1 Å². The number of nitrogens with zero attached hydrogens (tertiary/aromatic N) is 2. The van der Waals surface area contributed by atoms with Gasteiger partial charge in [-0.3, -0.25) is 4.79 Å². The number of anilines is 1. The van der Waals surface area contributed by atoms with Crippen LogP contribution in [0.15, 0.2) is 48.5 Å². The second kappa shape index (κ2) is 9.47. The highest BCUT2D eigenvalue weighted by atomic mass is 32.1. The lowest BCUT2D eigenvalue weighted by Crippen LogP contribution is -2.45. The van der Waals surface area contributed by atoms with Gasteiger partial charge in [0, 0.05) is 37.2 Å². The molecule has 7 heteroatoms. The molecule has 2 heterocycles. The van der Waals surface area contributed by atoms with Gasteiger partial charge in [-0.25, -0.2) is 9.78 Å². The van der Waals surface area contributed by atoms with Gasteiger partial charge in [0.2, 0.25) is 5.91 Å². The number of thiazole rings is 1. The van der Waals surface area contributed by atoms with Crippen LogP contribution in [0.3, 0.4) is 0 Å². The molecule has 1 fully saturated rings. The van der Waals surface area contributed by atoms with Gasteiger partial charge in [0.05, 0.1) is 15.2 Å². The number of piperidine rings is 1. The maximum atomic E-state index is 12.7. The van der Waals surface area contributed by atoms with Crippen molar-refractivity contribution in [2.45, 2.75) is 32.6 Å². The van der Waals surface area contributed by atoms with Crippen LogP contribution in [0.1, 0.15) is 36.3 Å². The van der Waals surface area contributed by atoms with Crippen LogP contribution in [-0.2, 0) is 4.79 Å². The lowest BCUT2D eigenvalue weighted by Gasteiger charge is -2.31. The molecule has 0 spiro atoms. The molecule has 3 aromatic rings. The monoisotopic (exact) mass is 436 g/mol. The number of nitrogens with one attached hydrogen (secondary N) is 2. The van der Waals surface area contributed by atoms with E-state index in [4.69, 9.17) is 0 Å². The van der Waals surface area contributed by atoms with Gasteiger partial charge in [0.15, 0.2) is 0 Å². The van der Waals surface area contributed by atoms with E-state index in [1.807, 2.05) is 49.4 Å². The second-order valence-electron chi connectivity index (χ2n) is 8.23. The number of hydrogen-bond donors (Lipinski definition) is 2. The van der Waals surface area contributed by atoms with Crippen LogP contribution in [0.5, 0.6) is 0 Å². The minimum absolute atomic E-state index is 0.0504. The van der Waals surface area contributed by atoms with Gasteiger partial charge in [-0.1, -0.05) is 31.2 Å².